The maximum absolute atomic E-state index is 13.9. The molecule has 6 nitrogen and oxygen atoms in total. The molecular formula is C26H19ClF3NO5. The van der Waals surface area contributed by atoms with Crippen molar-refractivity contribution in [3.63, 3.8) is 0 Å². The van der Waals surface area contributed by atoms with E-state index >= 15 is 0 Å². The molecule has 0 spiro atoms. The number of benzene rings is 3. The summed E-state index contributed by atoms with van der Waals surface area (Å²) in [5.41, 5.74) is -1.57. The van der Waals surface area contributed by atoms with E-state index in [4.69, 9.17) is 25.5 Å². The number of carbonyl (C=O) groups excluding carboxylic acids is 1. The lowest BCUT2D eigenvalue weighted by Crippen LogP contribution is -2.20. The third-order valence-electron chi connectivity index (χ3n) is 5.10. The van der Waals surface area contributed by atoms with Gasteiger partial charge in [0.1, 0.15) is 17.1 Å². The molecule has 0 aliphatic rings. The molecule has 1 heterocycles. The number of hydrogen-bond donors (Lipinski definition) is 1. The van der Waals surface area contributed by atoms with Crippen LogP contribution >= 0.6 is 11.6 Å². The number of fused-ring (bicyclic) bond motifs is 1. The van der Waals surface area contributed by atoms with Gasteiger partial charge in [-0.3, -0.25) is 9.59 Å². The molecule has 1 N–H and O–H groups in total. The van der Waals surface area contributed by atoms with Crippen LogP contribution in [0.4, 0.5) is 18.9 Å². The van der Waals surface area contributed by atoms with Gasteiger partial charge < -0.3 is 19.2 Å². The lowest BCUT2D eigenvalue weighted by Gasteiger charge is -2.14. The molecule has 0 atom stereocenters. The van der Waals surface area contributed by atoms with E-state index in [1.807, 2.05) is 0 Å². The Morgan fingerprint density at radius 1 is 1.03 bits per heavy atom. The minimum absolute atomic E-state index is 0.0217. The van der Waals surface area contributed by atoms with E-state index in [0.29, 0.717) is 18.0 Å². The van der Waals surface area contributed by atoms with Crippen LogP contribution in [-0.4, -0.2) is 19.1 Å². The number of rotatable bonds is 7. The van der Waals surface area contributed by atoms with Crippen LogP contribution in [0.25, 0.3) is 22.1 Å². The molecule has 0 saturated heterocycles. The zero-order chi connectivity index (χ0) is 25.9. The smallest absolute Gasteiger partial charge is 0.450 e. The molecule has 0 bridgehead atoms. The summed E-state index contributed by atoms with van der Waals surface area (Å²) in [6.07, 6.45) is -4.97. The molecule has 10 heteroatoms. The normalized spacial score (nSPS) is 11.4. The highest BCUT2D eigenvalue weighted by atomic mass is 35.5. The Bertz CT molecular complexity index is 1480. The summed E-state index contributed by atoms with van der Waals surface area (Å²) in [6, 6.07) is 16.3. The van der Waals surface area contributed by atoms with Crippen LogP contribution < -0.4 is 20.2 Å². The van der Waals surface area contributed by atoms with Gasteiger partial charge in [0.05, 0.1) is 23.2 Å². The van der Waals surface area contributed by atoms with Crippen molar-refractivity contribution in [2.24, 2.45) is 0 Å². The SMILES string of the molecule is CCOc1ccccc1NC(=O)COc1ccc2c(=O)c(-c3ccccc3Cl)c(C(F)(F)F)oc2c1. The quantitative estimate of drug-likeness (QED) is 0.301. The van der Waals surface area contributed by atoms with E-state index in [2.05, 4.69) is 5.32 Å². The third-order valence-corrected chi connectivity index (χ3v) is 5.43. The van der Waals surface area contributed by atoms with E-state index in [-0.39, 0.29) is 27.3 Å². The molecule has 1 aromatic heterocycles. The number of anilines is 1. The summed E-state index contributed by atoms with van der Waals surface area (Å²) in [7, 11) is 0. The maximum atomic E-state index is 13.9. The van der Waals surface area contributed by atoms with Crippen molar-refractivity contribution < 1.29 is 31.9 Å². The Morgan fingerprint density at radius 2 is 1.75 bits per heavy atom. The average Bonchev–Trinajstić information content (AvgIpc) is 2.84. The monoisotopic (exact) mass is 517 g/mol. The summed E-state index contributed by atoms with van der Waals surface area (Å²) in [5, 5.41) is 2.53. The van der Waals surface area contributed by atoms with E-state index in [1.54, 1.807) is 31.2 Å². The van der Waals surface area contributed by atoms with Crippen LogP contribution in [0.15, 0.2) is 75.9 Å². The summed E-state index contributed by atoms with van der Waals surface area (Å²) in [5.74, 6) is -1.48. The molecule has 0 fully saturated rings. The Kier molecular flexibility index (Phi) is 7.21. The standard InChI is InChI=1S/C26H19ClF3NO5/c1-2-34-20-10-6-5-9-19(20)31-22(32)14-35-15-11-12-17-21(13-15)36-25(26(28,29)30)23(24(17)33)16-7-3-4-8-18(16)27/h3-13H,2,14H2,1H3,(H,31,32). The molecule has 36 heavy (non-hydrogen) atoms. The number of carbonyl (C=O) groups is 1. The summed E-state index contributed by atoms with van der Waals surface area (Å²) in [4.78, 5) is 25.4. The second-order valence-electron chi connectivity index (χ2n) is 7.54. The van der Waals surface area contributed by atoms with Crippen LogP contribution in [0.1, 0.15) is 12.7 Å². The summed E-state index contributed by atoms with van der Waals surface area (Å²) < 4.78 is 57.6. The zero-order valence-corrected chi connectivity index (χ0v) is 19.6. The van der Waals surface area contributed by atoms with Crippen molar-refractivity contribution in [2.75, 3.05) is 18.5 Å². The van der Waals surface area contributed by atoms with Crippen molar-refractivity contribution in [3.8, 4) is 22.6 Å². The number of halogens is 4. The van der Waals surface area contributed by atoms with E-state index in [1.165, 1.54) is 36.4 Å². The van der Waals surface area contributed by atoms with Crippen LogP contribution in [-0.2, 0) is 11.0 Å². The number of para-hydroxylation sites is 2. The lowest BCUT2D eigenvalue weighted by molar-refractivity contribution is -0.152. The fourth-order valence-corrected chi connectivity index (χ4v) is 3.79. The van der Waals surface area contributed by atoms with Crippen LogP contribution in [0.2, 0.25) is 5.02 Å². The lowest BCUT2D eigenvalue weighted by atomic mass is 10.0. The Labute approximate surface area is 208 Å². The Balaban J connectivity index is 1.63. The van der Waals surface area contributed by atoms with Gasteiger partial charge in [0, 0.05) is 16.7 Å². The molecule has 0 radical (unpaired) electrons. The molecule has 0 unspecified atom stereocenters. The first-order valence-electron chi connectivity index (χ1n) is 10.8. The molecule has 1 amide bonds. The molecule has 0 saturated carbocycles. The predicted octanol–water partition coefficient (Wildman–Crippen LogP) is 6.55. The van der Waals surface area contributed by atoms with Crippen molar-refractivity contribution in [1.82, 2.24) is 0 Å². The second kappa shape index (κ2) is 10.3. The predicted molar refractivity (Wildman–Crippen MR) is 130 cm³/mol. The van der Waals surface area contributed by atoms with Crippen LogP contribution in [0.3, 0.4) is 0 Å². The highest BCUT2D eigenvalue weighted by Gasteiger charge is 2.39. The third kappa shape index (κ3) is 5.31. The van der Waals surface area contributed by atoms with Gasteiger partial charge in [-0.1, -0.05) is 41.9 Å². The zero-order valence-electron chi connectivity index (χ0n) is 18.8. The van der Waals surface area contributed by atoms with E-state index in [9.17, 15) is 22.8 Å². The van der Waals surface area contributed by atoms with Gasteiger partial charge in [0.25, 0.3) is 5.91 Å². The van der Waals surface area contributed by atoms with E-state index < -0.39 is 35.4 Å². The van der Waals surface area contributed by atoms with Crippen LogP contribution in [0.5, 0.6) is 11.5 Å². The highest BCUT2D eigenvalue weighted by Crippen LogP contribution is 2.39. The first kappa shape index (κ1) is 25.1. The minimum atomic E-state index is -4.97. The van der Waals surface area contributed by atoms with Gasteiger partial charge in [0.15, 0.2) is 6.61 Å². The average molecular weight is 518 g/mol. The first-order chi connectivity index (χ1) is 17.2. The molecule has 186 valence electrons. The Morgan fingerprint density at radius 3 is 2.47 bits per heavy atom. The van der Waals surface area contributed by atoms with Gasteiger partial charge in [-0.15, -0.1) is 0 Å². The fourth-order valence-electron chi connectivity index (χ4n) is 3.56. The maximum Gasteiger partial charge on any atom is 0.450 e. The molecule has 4 rings (SSSR count). The van der Waals surface area contributed by atoms with Gasteiger partial charge in [-0.2, -0.15) is 13.2 Å². The first-order valence-corrected chi connectivity index (χ1v) is 11.1. The van der Waals surface area contributed by atoms with Gasteiger partial charge in [-0.05, 0) is 37.3 Å². The largest absolute Gasteiger partial charge is 0.492 e. The minimum Gasteiger partial charge on any atom is -0.492 e. The number of alkyl halides is 3. The van der Waals surface area contributed by atoms with Crippen molar-refractivity contribution in [1.29, 1.82) is 0 Å². The van der Waals surface area contributed by atoms with Gasteiger partial charge >= 0.3 is 6.18 Å². The number of hydrogen-bond acceptors (Lipinski definition) is 5. The van der Waals surface area contributed by atoms with Gasteiger partial charge in [-0.25, -0.2) is 0 Å². The Hall–Kier alpha value is -3.98. The summed E-state index contributed by atoms with van der Waals surface area (Å²) >= 11 is 6.07. The van der Waals surface area contributed by atoms with Crippen molar-refractivity contribution in [3.05, 3.63) is 87.7 Å². The number of amides is 1. The van der Waals surface area contributed by atoms with Gasteiger partial charge in [0.2, 0.25) is 11.2 Å². The van der Waals surface area contributed by atoms with E-state index in [0.717, 1.165) is 6.07 Å². The molecule has 0 aliphatic carbocycles. The molecular weight excluding hydrogens is 499 g/mol. The van der Waals surface area contributed by atoms with Crippen LogP contribution in [0, 0.1) is 0 Å². The van der Waals surface area contributed by atoms with Crippen molar-refractivity contribution in [2.45, 2.75) is 13.1 Å². The molecule has 4 aromatic rings. The highest BCUT2D eigenvalue weighted by molar-refractivity contribution is 6.33. The number of ether oxygens (including phenoxy) is 2. The topological polar surface area (TPSA) is 77.8 Å². The fraction of sp³-hybridized carbons (Fsp3) is 0.154. The van der Waals surface area contributed by atoms with Crippen molar-refractivity contribution >= 4 is 34.2 Å². The number of nitrogens with one attached hydrogen (secondary N) is 1. The molecule has 0 aliphatic heterocycles. The second-order valence-corrected chi connectivity index (χ2v) is 7.94. The molecule has 3 aromatic carbocycles. The summed E-state index contributed by atoms with van der Waals surface area (Å²) in [6.45, 7) is 1.77.